The van der Waals surface area contributed by atoms with Gasteiger partial charge in [-0.05, 0) is 48.4 Å². The first-order valence-corrected chi connectivity index (χ1v) is 20.4. The number of aromatic nitrogens is 1. The number of furan rings is 1. The minimum absolute atomic E-state index is 0.0843. The Labute approximate surface area is 321 Å². The van der Waals surface area contributed by atoms with Gasteiger partial charge >= 0.3 is 6.03 Å². The van der Waals surface area contributed by atoms with Crippen molar-refractivity contribution in [2.45, 2.75) is 77.5 Å². The maximum atomic E-state index is 14.1. The van der Waals surface area contributed by atoms with Crippen molar-refractivity contribution in [1.82, 2.24) is 24.4 Å². The van der Waals surface area contributed by atoms with Crippen molar-refractivity contribution in [3.63, 3.8) is 0 Å². The van der Waals surface area contributed by atoms with Crippen molar-refractivity contribution >= 4 is 39.5 Å². The van der Waals surface area contributed by atoms with Crippen LogP contribution in [0.1, 0.15) is 55.3 Å². The van der Waals surface area contributed by atoms with E-state index < -0.39 is 34.1 Å². The van der Waals surface area contributed by atoms with Crippen LogP contribution in [0.15, 0.2) is 92.8 Å². The van der Waals surface area contributed by atoms with E-state index in [-0.39, 0.29) is 54.8 Å². The first-order valence-electron chi connectivity index (χ1n) is 18.1. The zero-order chi connectivity index (χ0) is 38.8. The Morgan fingerprint density at radius 1 is 1.04 bits per heavy atom. The third-order valence-electron chi connectivity index (χ3n) is 8.96. The Hall–Kier alpha value is -4.57. The number of thiazole rings is 1. The van der Waals surface area contributed by atoms with Crippen molar-refractivity contribution < 1.29 is 32.4 Å². The number of hydrogen-bond donors (Lipinski definition) is 2. The van der Waals surface area contributed by atoms with Crippen LogP contribution in [-0.4, -0.2) is 95.1 Å². The van der Waals surface area contributed by atoms with Gasteiger partial charge in [-0.25, -0.2) is 18.2 Å². The van der Waals surface area contributed by atoms with E-state index in [2.05, 4.69) is 15.5 Å². The van der Waals surface area contributed by atoms with E-state index in [1.807, 2.05) is 101 Å². The summed E-state index contributed by atoms with van der Waals surface area (Å²) in [4.78, 5) is 40.8. The van der Waals surface area contributed by atoms with Crippen molar-refractivity contribution in [2.75, 3.05) is 26.2 Å². The first kappa shape index (κ1) is 40.6. The van der Waals surface area contributed by atoms with Crippen LogP contribution in [0.3, 0.4) is 0 Å². The molecule has 0 radical (unpaired) electrons. The van der Waals surface area contributed by atoms with Crippen LogP contribution in [0.4, 0.5) is 4.79 Å². The third kappa shape index (κ3) is 10.8. The molecule has 15 heteroatoms. The van der Waals surface area contributed by atoms with Crippen molar-refractivity contribution in [2.24, 2.45) is 17.0 Å². The molecule has 3 amide bonds. The lowest BCUT2D eigenvalue weighted by Crippen LogP contribution is -2.57. The van der Waals surface area contributed by atoms with Crippen LogP contribution in [0.5, 0.6) is 0 Å². The lowest BCUT2D eigenvalue weighted by atomic mass is 9.97. The molecule has 0 aliphatic carbocycles. The number of oxime groups is 1. The monoisotopic (exact) mass is 778 g/mol. The second kappa shape index (κ2) is 18.7. The molecule has 2 N–H and O–H groups in total. The van der Waals surface area contributed by atoms with Gasteiger partial charge in [-0.2, -0.15) is 4.31 Å². The summed E-state index contributed by atoms with van der Waals surface area (Å²) in [5, 5.41) is 21.3. The van der Waals surface area contributed by atoms with Crippen LogP contribution in [0, 0.1) is 18.8 Å². The van der Waals surface area contributed by atoms with Gasteiger partial charge in [0.25, 0.3) is 10.0 Å². The molecule has 2 aromatic heterocycles. The standard InChI is InChI=1S/C39H50N6O7S2/c1-27(2)22-44(54(49,50)36-17-16-33(52-36)21-40-51-25-31-14-10-7-11-15-31)24-35(46)34(20-30-12-8-6-9-13-30)42-38(47)37(28(3)4)45-19-18-43(39(45)48)23-32-26-53-29(5)41-32/h6-17,21,26-28,34-35,37,46H,18-20,22-25H2,1-5H3,(H,42,47)/b40-21-/t34-,35+,37?/m0/s1. The summed E-state index contributed by atoms with van der Waals surface area (Å²) in [5.74, 6) is -0.591. The van der Waals surface area contributed by atoms with Crippen molar-refractivity contribution in [3.05, 3.63) is 106 Å². The Bertz CT molecular complexity index is 1950. The van der Waals surface area contributed by atoms with Gasteiger partial charge in [0.15, 0.2) is 0 Å². The van der Waals surface area contributed by atoms with E-state index in [9.17, 15) is 23.1 Å². The van der Waals surface area contributed by atoms with Gasteiger partial charge in [-0.3, -0.25) is 4.79 Å². The topological polar surface area (TPSA) is 158 Å². The van der Waals surface area contributed by atoms with Gasteiger partial charge in [0.2, 0.25) is 11.0 Å². The number of hydrogen-bond acceptors (Lipinski definition) is 10. The number of benzene rings is 2. The molecule has 3 heterocycles. The number of urea groups is 1. The minimum Gasteiger partial charge on any atom is -0.442 e. The number of aliphatic hydroxyl groups is 1. The number of amides is 3. The molecule has 0 bridgehead atoms. The Morgan fingerprint density at radius 3 is 2.35 bits per heavy atom. The fourth-order valence-electron chi connectivity index (χ4n) is 6.36. The number of carbonyl (C=O) groups excluding carboxylic acids is 2. The highest BCUT2D eigenvalue weighted by Crippen LogP contribution is 2.24. The van der Waals surface area contributed by atoms with Crippen LogP contribution in [0.2, 0.25) is 0 Å². The molecule has 54 heavy (non-hydrogen) atoms. The highest BCUT2D eigenvalue weighted by atomic mass is 32.2. The maximum absolute atomic E-state index is 14.1. The molecule has 13 nitrogen and oxygen atoms in total. The third-order valence-corrected chi connectivity index (χ3v) is 11.5. The van der Waals surface area contributed by atoms with E-state index in [1.54, 1.807) is 9.80 Å². The molecule has 1 saturated heterocycles. The maximum Gasteiger partial charge on any atom is 0.321 e. The average Bonchev–Trinajstić information content (AvgIpc) is 3.88. The molecule has 2 aromatic carbocycles. The summed E-state index contributed by atoms with van der Waals surface area (Å²) < 4.78 is 34.9. The quantitative estimate of drug-likeness (QED) is 0.0961. The largest absolute Gasteiger partial charge is 0.442 e. The second-order valence-corrected chi connectivity index (χ2v) is 17.1. The number of aliphatic hydroxyl groups excluding tert-OH is 1. The molecule has 4 aromatic rings. The van der Waals surface area contributed by atoms with Gasteiger partial charge in [-0.1, -0.05) is 93.5 Å². The number of sulfonamides is 1. The number of nitrogens with zero attached hydrogens (tertiary/aromatic N) is 5. The number of carbonyl (C=O) groups is 2. The van der Waals surface area contributed by atoms with E-state index in [0.717, 1.165) is 21.8 Å². The summed E-state index contributed by atoms with van der Waals surface area (Å²) in [7, 11) is -4.23. The molecule has 1 unspecified atom stereocenters. The molecule has 1 aliphatic rings. The van der Waals surface area contributed by atoms with Crippen molar-refractivity contribution in [1.29, 1.82) is 0 Å². The smallest absolute Gasteiger partial charge is 0.321 e. The van der Waals surface area contributed by atoms with Gasteiger partial charge in [0.05, 0.1) is 29.4 Å². The summed E-state index contributed by atoms with van der Waals surface area (Å²) in [6.07, 6.45) is 0.197. The fourth-order valence-corrected chi connectivity index (χ4v) is 8.51. The molecule has 1 fully saturated rings. The Kier molecular flexibility index (Phi) is 14.0. The number of aryl methyl sites for hydroxylation is 1. The Balaban J connectivity index is 1.31. The van der Waals surface area contributed by atoms with E-state index in [1.165, 1.54) is 34.0 Å². The summed E-state index contributed by atoms with van der Waals surface area (Å²) in [6, 6.07) is 19.7. The Morgan fingerprint density at radius 2 is 1.72 bits per heavy atom. The molecular formula is C39H50N6O7S2. The second-order valence-electron chi connectivity index (χ2n) is 14.2. The van der Waals surface area contributed by atoms with Gasteiger partial charge < -0.3 is 29.5 Å². The normalized spacial score (nSPS) is 15.5. The highest BCUT2D eigenvalue weighted by Gasteiger charge is 2.41. The molecule has 290 valence electrons. The van der Waals surface area contributed by atoms with Crippen LogP contribution >= 0.6 is 11.3 Å². The summed E-state index contributed by atoms with van der Waals surface area (Å²) >= 11 is 1.52. The van der Waals surface area contributed by atoms with E-state index in [4.69, 9.17) is 9.25 Å². The van der Waals surface area contributed by atoms with Crippen LogP contribution in [0.25, 0.3) is 0 Å². The summed E-state index contributed by atoms with van der Waals surface area (Å²) in [6.45, 7) is 10.6. The zero-order valence-electron chi connectivity index (χ0n) is 31.4. The van der Waals surface area contributed by atoms with E-state index in [0.29, 0.717) is 19.6 Å². The predicted molar refractivity (Wildman–Crippen MR) is 207 cm³/mol. The van der Waals surface area contributed by atoms with Crippen molar-refractivity contribution in [3.8, 4) is 0 Å². The number of rotatable bonds is 19. The molecule has 1 aliphatic heterocycles. The zero-order valence-corrected chi connectivity index (χ0v) is 33.0. The van der Waals surface area contributed by atoms with E-state index >= 15 is 0 Å². The SMILES string of the molecule is Cc1nc(CN2CCN(C(C(=O)N[C@@H](Cc3ccccc3)[C@H](O)CN(CC(C)C)S(=O)(=O)c3ccc(/C=N\OCc4ccccc4)o3)C(C)C)C2=O)cs1. The highest BCUT2D eigenvalue weighted by molar-refractivity contribution is 7.89. The average molecular weight is 779 g/mol. The lowest BCUT2D eigenvalue weighted by Gasteiger charge is -2.34. The molecule has 3 atom stereocenters. The van der Waals surface area contributed by atoms with Gasteiger partial charge in [0.1, 0.15) is 24.6 Å². The van der Waals surface area contributed by atoms with Crippen LogP contribution in [-0.2, 0) is 39.2 Å². The van der Waals surface area contributed by atoms with Gasteiger partial charge in [0, 0.05) is 31.6 Å². The predicted octanol–water partition coefficient (Wildman–Crippen LogP) is 5.29. The summed E-state index contributed by atoms with van der Waals surface area (Å²) in [5.41, 5.74) is 2.57. The van der Waals surface area contributed by atoms with Crippen LogP contribution < -0.4 is 5.32 Å². The first-order chi connectivity index (χ1) is 25.8. The molecule has 0 spiro atoms. The lowest BCUT2D eigenvalue weighted by molar-refractivity contribution is -0.128. The van der Waals surface area contributed by atoms with Gasteiger partial charge in [-0.15, -0.1) is 11.3 Å². The minimum atomic E-state index is -4.23. The molecule has 5 rings (SSSR count). The fraction of sp³-hybridized carbons (Fsp3) is 0.436. The molecule has 0 saturated carbocycles. The molecular weight excluding hydrogens is 729 g/mol. The number of nitrogens with one attached hydrogen (secondary N) is 1.